The van der Waals surface area contributed by atoms with Gasteiger partial charge in [0.15, 0.2) is 0 Å². The van der Waals surface area contributed by atoms with Gasteiger partial charge in [-0.25, -0.2) is 4.68 Å². The van der Waals surface area contributed by atoms with Crippen LogP contribution in [0.4, 0.5) is 0 Å². The molecule has 1 unspecified atom stereocenters. The van der Waals surface area contributed by atoms with Crippen molar-refractivity contribution in [1.29, 1.82) is 0 Å². The van der Waals surface area contributed by atoms with Crippen molar-refractivity contribution in [1.82, 2.24) is 15.0 Å². The summed E-state index contributed by atoms with van der Waals surface area (Å²) in [6, 6.07) is 0. The lowest BCUT2D eigenvalue weighted by atomic mass is 9.68. The Hall–Kier alpha value is -0.860. The summed E-state index contributed by atoms with van der Waals surface area (Å²) in [5.74, 6) is 0.520. The first-order valence-electron chi connectivity index (χ1n) is 8.98. The lowest BCUT2D eigenvalue weighted by molar-refractivity contribution is 0.195. The fourth-order valence-corrected chi connectivity index (χ4v) is 2.93. The predicted molar refractivity (Wildman–Crippen MR) is 95.1 cm³/mol. The molecule has 1 aromatic rings. The van der Waals surface area contributed by atoms with Crippen molar-refractivity contribution in [2.24, 2.45) is 11.3 Å². The SMILES string of the molecule is CCC(C)(CC)CC(C)(CC)c1cn(C(C)(C)C(C)C)nn1. The highest BCUT2D eigenvalue weighted by atomic mass is 15.4. The Kier molecular flexibility index (Phi) is 5.86. The van der Waals surface area contributed by atoms with Gasteiger partial charge in [-0.15, -0.1) is 5.10 Å². The van der Waals surface area contributed by atoms with Crippen LogP contribution in [0.3, 0.4) is 0 Å². The molecule has 1 atom stereocenters. The van der Waals surface area contributed by atoms with E-state index in [0.29, 0.717) is 11.3 Å². The molecule has 0 aromatic carbocycles. The Morgan fingerprint density at radius 3 is 1.95 bits per heavy atom. The van der Waals surface area contributed by atoms with E-state index in [-0.39, 0.29) is 11.0 Å². The molecule has 0 aliphatic carbocycles. The van der Waals surface area contributed by atoms with Crippen molar-refractivity contribution in [2.45, 2.75) is 99.0 Å². The third kappa shape index (κ3) is 3.72. The molecule has 0 amide bonds. The third-order valence-electron chi connectivity index (χ3n) is 6.42. The molecule has 0 fully saturated rings. The van der Waals surface area contributed by atoms with Gasteiger partial charge in [-0.3, -0.25) is 0 Å². The molecule has 128 valence electrons. The fourth-order valence-electron chi connectivity index (χ4n) is 2.93. The van der Waals surface area contributed by atoms with Gasteiger partial charge in [0.1, 0.15) is 0 Å². The second-order valence-electron chi connectivity index (χ2n) is 8.47. The minimum Gasteiger partial charge on any atom is -0.246 e. The first kappa shape index (κ1) is 19.2. The molecule has 0 N–H and O–H groups in total. The number of hydrogen-bond donors (Lipinski definition) is 0. The molecule has 22 heavy (non-hydrogen) atoms. The van der Waals surface area contributed by atoms with Crippen LogP contribution >= 0.6 is 0 Å². The summed E-state index contributed by atoms with van der Waals surface area (Å²) >= 11 is 0. The zero-order valence-electron chi connectivity index (χ0n) is 16.3. The van der Waals surface area contributed by atoms with Crippen LogP contribution in [-0.2, 0) is 11.0 Å². The first-order valence-corrected chi connectivity index (χ1v) is 8.98. The summed E-state index contributed by atoms with van der Waals surface area (Å²) < 4.78 is 2.07. The van der Waals surface area contributed by atoms with Crippen LogP contribution in [0, 0.1) is 11.3 Å². The highest BCUT2D eigenvalue weighted by Crippen LogP contribution is 2.42. The van der Waals surface area contributed by atoms with Gasteiger partial charge < -0.3 is 0 Å². The second-order valence-corrected chi connectivity index (χ2v) is 8.47. The predicted octanol–water partition coefficient (Wildman–Crippen LogP) is 5.55. The van der Waals surface area contributed by atoms with Crippen LogP contribution < -0.4 is 0 Å². The zero-order valence-corrected chi connectivity index (χ0v) is 16.3. The van der Waals surface area contributed by atoms with E-state index in [9.17, 15) is 0 Å². The average Bonchev–Trinajstić information content (AvgIpc) is 2.98. The molecule has 0 aliphatic rings. The number of rotatable bonds is 8. The second kappa shape index (κ2) is 6.72. The van der Waals surface area contributed by atoms with Gasteiger partial charge in [0.05, 0.1) is 11.2 Å². The number of aromatic nitrogens is 3. The maximum absolute atomic E-state index is 4.57. The molecule has 0 spiro atoms. The van der Waals surface area contributed by atoms with Crippen LogP contribution in [0.2, 0.25) is 0 Å². The minimum absolute atomic E-state index is 0.00127. The van der Waals surface area contributed by atoms with Gasteiger partial charge in [-0.05, 0) is 38.0 Å². The van der Waals surface area contributed by atoms with E-state index in [2.05, 4.69) is 83.5 Å². The third-order valence-corrected chi connectivity index (χ3v) is 6.42. The minimum atomic E-state index is -0.00127. The van der Waals surface area contributed by atoms with Gasteiger partial charge in [-0.1, -0.05) is 66.5 Å². The highest BCUT2D eigenvalue weighted by molar-refractivity contribution is 5.12. The summed E-state index contributed by atoms with van der Waals surface area (Å²) in [7, 11) is 0. The van der Waals surface area contributed by atoms with E-state index in [1.54, 1.807) is 0 Å². The van der Waals surface area contributed by atoms with Crippen LogP contribution in [-0.4, -0.2) is 15.0 Å². The molecule has 1 aromatic heterocycles. The summed E-state index contributed by atoms with van der Waals surface area (Å²) in [5, 5.41) is 9.05. The summed E-state index contributed by atoms with van der Waals surface area (Å²) in [4.78, 5) is 0. The maximum Gasteiger partial charge on any atom is 0.0886 e. The lowest BCUT2D eigenvalue weighted by Gasteiger charge is -2.37. The van der Waals surface area contributed by atoms with Crippen molar-refractivity contribution < 1.29 is 0 Å². The Labute approximate surface area is 137 Å². The van der Waals surface area contributed by atoms with Crippen molar-refractivity contribution in [3.63, 3.8) is 0 Å². The van der Waals surface area contributed by atoms with Gasteiger partial charge in [0.2, 0.25) is 0 Å². The van der Waals surface area contributed by atoms with E-state index in [0.717, 1.165) is 12.1 Å². The molecule has 1 heterocycles. The Bertz CT molecular complexity index is 469. The molecule has 0 saturated carbocycles. The fraction of sp³-hybridized carbons (Fsp3) is 0.895. The maximum atomic E-state index is 4.57. The van der Waals surface area contributed by atoms with Gasteiger partial charge in [0.25, 0.3) is 0 Å². The molecule has 0 radical (unpaired) electrons. The smallest absolute Gasteiger partial charge is 0.0886 e. The molecule has 1 rings (SSSR count). The zero-order chi connectivity index (χ0) is 17.2. The quantitative estimate of drug-likeness (QED) is 0.630. The molecule has 0 aliphatic heterocycles. The number of hydrogen-bond acceptors (Lipinski definition) is 2. The Morgan fingerprint density at radius 2 is 1.55 bits per heavy atom. The average molecular weight is 308 g/mol. The standard InChI is InChI=1S/C19H37N3/c1-10-18(8,11-2)14-19(9,12-3)16-13-22(21-20-16)17(6,7)15(4)5/h13,15H,10-12,14H2,1-9H3. The van der Waals surface area contributed by atoms with E-state index in [1.165, 1.54) is 19.3 Å². The van der Waals surface area contributed by atoms with Crippen molar-refractivity contribution >= 4 is 0 Å². The van der Waals surface area contributed by atoms with Crippen LogP contribution in [0.25, 0.3) is 0 Å². The molecule has 0 bridgehead atoms. The topological polar surface area (TPSA) is 30.7 Å². The monoisotopic (exact) mass is 307 g/mol. The van der Waals surface area contributed by atoms with Crippen LogP contribution in [0.15, 0.2) is 6.20 Å². The molecule has 3 nitrogen and oxygen atoms in total. The normalized spacial score (nSPS) is 16.1. The van der Waals surface area contributed by atoms with Gasteiger partial charge in [-0.2, -0.15) is 0 Å². The van der Waals surface area contributed by atoms with E-state index < -0.39 is 0 Å². The van der Waals surface area contributed by atoms with Crippen molar-refractivity contribution in [3.8, 4) is 0 Å². The van der Waals surface area contributed by atoms with E-state index in [1.807, 2.05) is 0 Å². The van der Waals surface area contributed by atoms with Gasteiger partial charge in [0, 0.05) is 11.6 Å². The van der Waals surface area contributed by atoms with Gasteiger partial charge >= 0.3 is 0 Å². The molecular weight excluding hydrogens is 270 g/mol. The van der Waals surface area contributed by atoms with Crippen LogP contribution in [0.1, 0.15) is 93.7 Å². The van der Waals surface area contributed by atoms with Crippen molar-refractivity contribution in [2.75, 3.05) is 0 Å². The molecular formula is C19H37N3. The Balaban J connectivity index is 3.14. The Morgan fingerprint density at radius 1 is 1.00 bits per heavy atom. The van der Waals surface area contributed by atoms with Crippen molar-refractivity contribution in [3.05, 3.63) is 11.9 Å². The first-order chi connectivity index (χ1) is 10.0. The lowest BCUT2D eigenvalue weighted by Crippen LogP contribution is -2.33. The van der Waals surface area contributed by atoms with E-state index in [4.69, 9.17) is 0 Å². The summed E-state index contributed by atoms with van der Waals surface area (Å²) in [6.45, 7) is 20.6. The highest BCUT2D eigenvalue weighted by Gasteiger charge is 2.37. The number of nitrogens with zero attached hydrogens (tertiary/aromatic N) is 3. The summed E-state index contributed by atoms with van der Waals surface area (Å²) in [6.07, 6.45) is 6.89. The van der Waals surface area contributed by atoms with E-state index >= 15 is 0 Å². The molecule has 3 heteroatoms. The largest absolute Gasteiger partial charge is 0.246 e. The summed E-state index contributed by atoms with van der Waals surface area (Å²) in [5.41, 5.74) is 1.63. The van der Waals surface area contributed by atoms with Crippen LogP contribution in [0.5, 0.6) is 0 Å². The molecule has 0 saturated heterocycles.